The predicted octanol–water partition coefficient (Wildman–Crippen LogP) is 1.97. The van der Waals surface area contributed by atoms with Crippen LogP contribution in [0.5, 0.6) is 5.75 Å². The molecule has 1 aliphatic heterocycles. The van der Waals surface area contributed by atoms with Crippen molar-refractivity contribution >= 4 is 5.91 Å². The molecule has 1 saturated heterocycles. The number of carbonyl (C=O) groups is 1. The van der Waals surface area contributed by atoms with Gasteiger partial charge in [-0.05, 0) is 23.6 Å². The third-order valence-electron chi connectivity index (χ3n) is 4.39. The molecule has 1 aromatic rings. The van der Waals surface area contributed by atoms with Crippen molar-refractivity contribution in [3.8, 4) is 5.75 Å². The van der Waals surface area contributed by atoms with Crippen LogP contribution in [-0.2, 0) is 9.53 Å². The first kappa shape index (κ1) is 16.8. The maximum atomic E-state index is 12.5. The summed E-state index contributed by atoms with van der Waals surface area (Å²) in [5, 5.41) is 0. The highest BCUT2D eigenvalue weighted by Gasteiger charge is 2.30. The van der Waals surface area contributed by atoms with E-state index in [2.05, 4.69) is 6.92 Å². The van der Waals surface area contributed by atoms with Gasteiger partial charge in [0.2, 0.25) is 5.91 Å². The molecule has 1 amide bonds. The molecule has 5 nitrogen and oxygen atoms in total. The number of amides is 1. The minimum absolute atomic E-state index is 0.0190. The number of hydrogen-bond donors (Lipinski definition) is 1. The van der Waals surface area contributed by atoms with E-state index in [0.717, 1.165) is 17.7 Å². The van der Waals surface area contributed by atoms with Crippen LogP contribution in [-0.4, -0.2) is 43.7 Å². The van der Waals surface area contributed by atoms with E-state index in [-0.39, 0.29) is 17.9 Å². The third-order valence-corrected chi connectivity index (χ3v) is 4.39. The van der Waals surface area contributed by atoms with Gasteiger partial charge in [-0.2, -0.15) is 0 Å². The monoisotopic (exact) mass is 306 g/mol. The van der Waals surface area contributed by atoms with E-state index in [0.29, 0.717) is 19.7 Å². The van der Waals surface area contributed by atoms with E-state index in [1.807, 2.05) is 36.1 Å². The standard InChI is InChI=1S/C17H26N2O3/c1-4-12(2)16(18)17(20)19-8-9-22-15(11-19)13-6-5-7-14(10-13)21-3/h5-7,10,12,15-16H,4,8-9,11,18H2,1-3H3/t12-,15+,16+/m0/s1. The lowest BCUT2D eigenvalue weighted by Crippen LogP contribution is -2.51. The summed E-state index contributed by atoms with van der Waals surface area (Å²) >= 11 is 0. The molecule has 0 spiro atoms. The summed E-state index contributed by atoms with van der Waals surface area (Å²) in [5.74, 6) is 0.997. The zero-order valence-electron chi connectivity index (χ0n) is 13.6. The Labute approximate surface area is 132 Å². The average molecular weight is 306 g/mol. The number of hydrogen-bond acceptors (Lipinski definition) is 4. The van der Waals surface area contributed by atoms with Crippen LogP contribution in [0.3, 0.4) is 0 Å². The van der Waals surface area contributed by atoms with Crippen molar-refractivity contribution < 1.29 is 14.3 Å². The number of benzene rings is 1. The fraction of sp³-hybridized carbons (Fsp3) is 0.588. The first-order chi connectivity index (χ1) is 10.6. The maximum Gasteiger partial charge on any atom is 0.239 e. The van der Waals surface area contributed by atoms with E-state index in [9.17, 15) is 4.79 Å². The van der Waals surface area contributed by atoms with Gasteiger partial charge in [-0.1, -0.05) is 32.4 Å². The Morgan fingerprint density at radius 2 is 2.32 bits per heavy atom. The van der Waals surface area contributed by atoms with Crippen molar-refractivity contribution in [3.63, 3.8) is 0 Å². The molecule has 0 aliphatic carbocycles. The quantitative estimate of drug-likeness (QED) is 0.903. The Kier molecular flexibility index (Phi) is 5.80. The van der Waals surface area contributed by atoms with E-state index < -0.39 is 6.04 Å². The highest BCUT2D eigenvalue weighted by atomic mass is 16.5. The van der Waals surface area contributed by atoms with Crippen LogP contribution in [0.1, 0.15) is 31.9 Å². The molecule has 0 saturated carbocycles. The third kappa shape index (κ3) is 3.78. The fourth-order valence-electron chi connectivity index (χ4n) is 2.60. The van der Waals surface area contributed by atoms with Crippen LogP contribution in [0.4, 0.5) is 0 Å². The maximum absolute atomic E-state index is 12.5. The Morgan fingerprint density at radius 1 is 1.55 bits per heavy atom. The topological polar surface area (TPSA) is 64.8 Å². The molecule has 0 bridgehead atoms. The van der Waals surface area contributed by atoms with Gasteiger partial charge in [0.15, 0.2) is 0 Å². The summed E-state index contributed by atoms with van der Waals surface area (Å²) in [4.78, 5) is 14.3. The van der Waals surface area contributed by atoms with Gasteiger partial charge < -0.3 is 20.1 Å². The lowest BCUT2D eigenvalue weighted by molar-refractivity contribution is -0.141. The second-order valence-corrected chi connectivity index (χ2v) is 5.83. The van der Waals surface area contributed by atoms with Crippen LogP contribution in [0, 0.1) is 5.92 Å². The van der Waals surface area contributed by atoms with Crippen LogP contribution in [0.15, 0.2) is 24.3 Å². The van der Waals surface area contributed by atoms with Gasteiger partial charge in [0, 0.05) is 6.54 Å². The summed E-state index contributed by atoms with van der Waals surface area (Å²) < 4.78 is 11.1. The van der Waals surface area contributed by atoms with Gasteiger partial charge in [-0.25, -0.2) is 0 Å². The predicted molar refractivity (Wildman–Crippen MR) is 85.7 cm³/mol. The van der Waals surface area contributed by atoms with Gasteiger partial charge in [-0.15, -0.1) is 0 Å². The first-order valence-electron chi connectivity index (χ1n) is 7.86. The second kappa shape index (κ2) is 7.61. The number of ether oxygens (including phenoxy) is 2. The number of rotatable bonds is 5. The van der Waals surface area contributed by atoms with Gasteiger partial charge in [0.25, 0.3) is 0 Å². The zero-order valence-corrected chi connectivity index (χ0v) is 13.6. The highest BCUT2D eigenvalue weighted by molar-refractivity contribution is 5.82. The molecule has 22 heavy (non-hydrogen) atoms. The molecule has 1 aromatic carbocycles. The molecule has 1 fully saturated rings. The molecule has 2 N–H and O–H groups in total. The summed E-state index contributed by atoms with van der Waals surface area (Å²) in [7, 11) is 1.64. The van der Waals surface area contributed by atoms with Crippen molar-refractivity contribution in [3.05, 3.63) is 29.8 Å². The number of morpholine rings is 1. The molecule has 3 atom stereocenters. The van der Waals surface area contributed by atoms with E-state index in [1.165, 1.54) is 0 Å². The Balaban J connectivity index is 2.06. The molecule has 2 rings (SSSR count). The smallest absolute Gasteiger partial charge is 0.239 e. The first-order valence-corrected chi connectivity index (χ1v) is 7.86. The number of nitrogens with two attached hydrogens (primary N) is 1. The van der Waals surface area contributed by atoms with Gasteiger partial charge in [0.1, 0.15) is 11.9 Å². The normalized spacial score (nSPS) is 21.3. The van der Waals surface area contributed by atoms with Crippen molar-refractivity contribution in [2.24, 2.45) is 11.7 Å². The Morgan fingerprint density at radius 3 is 3.00 bits per heavy atom. The molecule has 0 unspecified atom stereocenters. The van der Waals surface area contributed by atoms with Gasteiger partial charge in [0.05, 0.1) is 26.3 Å². The number of methoxy groups -OCH3 is 1. The van der Waals surface area contributed by atoms with Crippen LogP contribution < -0.4 is 10.5 Å². The largest absolute Gasteiger partial charge is 0.497 e. The van der Waals surface area contributed by atoms with Crippen LogP contribution in [0.2, 0.25) is 0 Å². The van der Waals surface area contributed by atoms with E-state index >= 15 is 0 Å². The fourth-order valence-corrected chi connectivity index (χ4v) is 2.60. The molecule has 1 heterocycles. The lowest BCUT2D eigenvalue weighted by atomic mass is 9.98. The Hall–Kier alpha value is -1.59. The molecule has 0 radical (unpaired) electrons. The SMILES string of the molecule is CC[C@H](C)[C@@H](N)C(=O)N1CCO[C@@H](c2cccc(OC)c2)C1. The van der Waals surface area contributed by atoms with Crippen molar-refractivity contribution in [1.82, 2.24) is 4.90 Å². The van der Waals surface area contributed by atoms with Crippen molar-refractivity contribution in [1.29, 1.82) is 0 Å². The minimum Gasteiger partial charge on any atom is -0.497 e. The minimum atomic E-state index is -0.436. The van der Waals surface area contributed by atoms with Gasteiger partial charge in [-0.3, -0.25) is 4.79 Å². The zero-order chi connectivity index (χ0) is 16.1. The van der Waals surface area contributed by atoms with E-state index in [1.54, 1.807) is 7.11 Å². The summed E-state index contributed by atoms with van der Waals surface area (Å²) in [6.07, 6.45) is 0.772. The molecular formula is C17H26N2O3. The van der Waals surface area contributed by atoms with E-state index in [4.69, 9.17) is 15.2 Å². The Bertz CT molecular complexity index is 506. The summed E-state index contributed by atoms with van der Waals surface area (Å²) in [6, 6.07) is 7.34. The number of nitrogens with zero attached hydrogens (tertiary/aromatic N) is 1. The number of carbonyl (C=O) groups excluding carboxylic acids is 1. The summed E-state index contributed by atoms with van der Waals surface area (Å²) in [5.41, 5.74) is 7.10. The molecular weight excluding hydrogens is 280 g/mol. The molecule has 122 valence electrons. The molecule has 5 heteroatoms. The molecule has 0 aromatic heterocycles. The molecule has 1 aliphatic rings. The highest BCUT2D eigenvalue weighted by Crippen LogP contribution is 2.26. The lowest BCUT2D eigenvalue weighted by Gasteiger charge is -2.35. The average Bonchev–Trinajstić information content (AvgIpc) is 2.59. The van der Waals surface area contributed by atoms with Gasteiger partial charge >= 0.3 is 0 Å². The second-order valence-electron chi connectivity index (χ2n) is 5.83. The van der Waals surface area contributed by atoms with Crippen LogP contribution >= 0.6 is 0 Å². The van der Waals surface area contributed by atoms with Crippen LogP contribution in [0.25, 0.3) is 0 Å². The van der Waals surface area contributed by atoms with Crippen molar-refractivity contribution in [2.75, 3.05) is 26.8 Å². The summed E-state index contributed by atoms with van der Waals surface area (Å²) in [6.45, 7) is 5.74. The van der Waals surface area contributed by atoms with Crippen molar-refractivity contribution in [2.45, 2.75) is 32.4 Å².